The Morgan fingerprint density at radius 1 is 0.919 bits per heavy atom. The fraction of sp³-hybridized carbons (Fsp3) is 0.480. The summed E-state index contributed by atoms with van der Waals surface area (Å²) in [5.74, 6) is -10.3. The summed E-state index contributed by atoms with van der Waals surface area (Å²) in [6, 6.07) is 3.38. The van der Waals surface area contributed by atoms with Gasteiger partial charge in [0, 0.05) is 18.2 Å². The zero-order chi connectivity index (χ0) is 25.7. The number of piperidine rings is 1. The van der Waals surface area contributed by atoms with E-state index in [0.717, 1.165) is 23.9 Å². The summed E-state index contributed by atoms with van der Waals surface area (Å²) in [7, 11) is 3.08. The maximum Gasteiger partial charge on any atom is 0.207 e. The molecule has 0 saturated carbocycles. The van der Waals surface area contributed by atoms with Gasteiger partial charge >= 0.3 is 0 Å². The first kappa shape index (κ1) is 27.3. The lowest BCUT2D eigenvalue weighted by Crippen LogP contribution is -2.48. The van der Waals surface area contributed by atoms with Crippen molar-refractivity contribution in [3.05, 3.63) is 46.9 Å². The molecule has 0 amide bonds. The summed E-state index contributed by atoms with van der Waals surface area (Å²) >= 11 is 0. The van der Waals surface area contributed by atoms with Crippen LogP contribution in [0.4, 0.5) is 22.0 Å². The van der Waals surface area contributed by atoms with Gasteiger partial charge in [-0.05, 0) is 38.2 Å². The Morgan fingerprint density at radius 3 is 2.00 bits per heavy atom. The van der Waals surface area contributed by atoms with E-state index in [0.29, 0.717) is 36.3 Å². The van der Waals surface area contributed by atoms with Crippen LogP contribution in [0, 0.1) is 29.1 Å². The van der Waals surface area contributed by atoms with E-state index in [4.69, 9.17) is 18.7 Å². The fourth-order valence-electron chi connectivity index (χ4n) is 5.69. The van der Waals surface area contributed by atoms with Crippen molar-refractivity contribution in [2.24, 2.45) is 0 Å². The van der Waals surface area contributed by atoms with Crippen molar-refractivity contribution in [1.82, 2.24) is 10.1 Å². The zero-order valence-electron chi connectivity index (χ0n) is 20.3. The molecule has 2 fully saturated rings. The van der Waals surface area contributed by atoms with Crippen molar-refractivity contribution < 1.29 is 40.7 Å². The summed E-state index contributed by atoms with van der Waals surface area (Å²) in [4.78, 5) is 2.31. The van der Waals surface area contributed by atoms with Crippen LogP contribution >= 0.6 is 12.4 Å². The first-order valence-electron chi connectivity index (χ1n) is 11.8. The smallest absolute Gasteiger partial charge is 0.207 e. The molecule has 0 spiro atoms. The van der Waals surface area contributed by atoms with E-state index in [-0.39, 0.29) is 30.5 Å². The Kier molecular flexibility index (Phi) is 7.75. The highest BCUT2D eigenvalue weighted by Gasteiger charge is 2.46. The maximum absolute atomic E-state index is 14.2. The first-order chi connectivity index (χ1) is 17.3. The van der Waals surface area contributed by atoms with Crippen molar-refractivity contribution in [2.45, 2.75) is 63.3 Å². The van der Waals surface area contributed by atoms with Crippen molar-refractivity contribution in [2.75, 3.05) is 14.2 Å². The molecule has 0 radical (unpaired) electrons. The second-order valence-corrected chi connectivity index (χ2v) is 9.14. The number of hydrogen-bond donors (Lipinski definition) is 0. The highest BCUT2D eigenvalue weighted by molar-refractivity contribution is 5.85. The topological polar surface area (TPSA) is 57.0 Å². The Morgan fingerprint density at radius 2 is 1.46 bits per heavy atom. The number of benzene rings is 2. The van der Waals surface area contributed by atoms with Crippen molar-refractivity contribution >= 4 is 23.4 Å². The summed E-state index contributed by atoms with van der Waals surface area (Å²) in [6.45, 7) is 2.03. The number of rotatable bonds is 7. The van der Waals surface area contributed by atoms with Crippen molar-refractivity contribution in [3.63, 3.8) is 0 Å². The molecule has 0 aliphatic carbocycles. The van der Waals surface area contributed by atoms with Crippen molar-refractivity contribution in [3.8, 4) is 17.2 Å². The van der Waals surface area contributed by atoms with E-state index in [2.05, 4.69) is 10.1 Å². The van der Waals surface area contributed by atoms with Gasteiger partial charge in [-0.15, -0.1) is 12.4 Å². The summed E-state index contributed by atoms with van der Waals surface area (Å²) in [5.41, 5.74) is 1.29. The van der Waals surface area contributed by atoms with E-state index < -0.39 is 40.9 Å². The van der Waals surface area contributed by atoms with Crippen LogP contribution in [0.25, 0.3) is 11.0 Å². The van der Waals surface area contributed by atoms with Crippen LogP contribution in [0.5, 0.6) is 17.2 Å². The lowest BCUT2D eigenvalue weighted by Gasteiger charge is -2.42. The van der Waals surface area contributed by atoms with Gasteiger partial charge in [0.15, 0.2) is 22.8 Å². The van der Waals surface area contributed by atoms with Crippen LogP contribution < -0.4 is 14.2 Å². The maximum atomic E-state index is 14.2. The predicted molar refractivity (Wildman–Crippen MR) is 126 cm³/mol. The van der Waals surface area contributed by atoms with Gasteiger partial charge < -0.3 is 18.7 Å². The van der Waals surface area contributed by atoms with Gasteiger partial charge in [-0.25, -0.2) is 13.2 Å². The number of nitrogens with zero attached hydrogens (tertiary/aromatic N) is 2. The largest absolute Gasteiger partial charge is 0.493 e. The molecule has 2 bridgehead atoms. The van der Waals surface area contributed by atoms with Crippen LogP contribution in [0.1, 0.15) is 50.8 Å². The average Bonchev–Trinajstić information content (AvgIpc) is 3.41. The Balaban J connectivity index is 0.00000320. The van der Waals surface area contributed by atoms with Gasteiger partial charge in [0.25, 0.3) is 0 Å². The van der Waals surface area contributed by atoms with Gasteiger partial charge in [-0.3, -0.25) is 4.90 Å². The predicted octanol–water partition coefficient (Wildman–Crippen LogP) is 6.49. The minimum absolute atomic E-state index is 0. The quantitative estimate of drug-likeness (QED) is 0.191. The molecule has 2 aromatic carbocycles. The highest BCUT2D eigenvalue weighted by Crippen LogP contribution is 2.46. The van der Waals surface area contributed by atoms with Crippen LogP contribution in [-0.2, 0) is 0 Å². The zero-order valence-corrected chi connectivity index (χ0v) is 21.1. The molecule has 12 heteroatoms. The highest BCUT2D eigenvalue weighted by atomic mass is 35.5. The normalized spacial score (nSPS) is 22.1. The number of aromatic nitrogens is 1. The lowest BCUT2D eigenvalue weighted by molar-refractivity contribution is 0.0141. The molecule has 2 aliphatic heterocycles. The van der Waals surface area contributed by atoms with E-state index in [1.165, 1.54) is 7.11 Å². The number of fused-ring (bicyclic) bond motifs is 3. The van der Waals surface area contributed by atoms with Gasteiger partial charge in [0.1, 0.15) is 11.8 Å². The Labute approximate surface area is 216 Å². The van der Waals surface area contributed by atoms with Crippen LogP contribution in [-0.4, -0.2) is 42.5 Å². The molecule has 4 atom stereocenters. The SMILES string of the molecule is CCC(c1noc2cc(OC)c(OC)cc12)N1[C@@H]2CC[C@H]1C[C@@H](Oc1c(F)c(F)c(F)c(F)c1F)C2.Cl. The van der Waals surface area contributed by atoms with Gasteiger partial charge in [0.2, 0.25) is 29.1 Å². The lowest BCUT2D eigenvalue weighted by atomic mass is 9.94. The summed E-state index contributed by atoms with van der Waals surface area (Å²) in [5, 5.41) is 5.14. The number of halogens is 6. The van der Waals surface area contributed by atoms with Crippen LogP contribution in [0.3, 0.4) is 0 Å². The summed E-state index contributed by atoms with van der Waals surface area (Å²) < 4.78 is 90.8. The minimum atomic E-state index is -2.20. The molecule has 1 unspecified atom stereocenters. The molecular weight excluding hydrogens is 523 g/mol. The standard InChI is InChI=1S/C25H25F5N2O4.ClH/c1-4-15(24-14-9-17(33-2)18(34-3)10-16(14)36-31-24)32-11-5-6-12(32)8-13(7-11)35-25-22(29)20(27)19(26)21(28)23(25)30;/h9-13,15H,4-8H2,1-3H3;1H/t11-,12+,13+,15?;. The first-order valence-corrected chi connectivity index (χ1v) is 11.8. The van der Waals surface area contributed by atoms with Crippen LogP contribution in [0.2, 0.25) is 0 Å². The van der Waals surface area contributed by atoms with Gasteiger partial charge in [0.05, 0.1) is 25.6 Å². The number of ether oxygens (including phenoxy) is 3. The second kappa shape index (κ2) is 10.5. The molecule has 1 aromatic heterocycles. The third-order valence-corrected chi connectivity index (χ3v) is 7.27. The molecule has 3 aromatic rings. The molecule has 2 saturated heterocycles. The number of methoxy groups -OCH3 is 2. The van der Waals surface area contributed by atoms with E-state index in [1.54, 1.807) is 13.2 Å². The monoisotopic (exact) mass is 548 g/mol. The van der Waals surface area contributed by atoms with Crippen molar-refractivity contribution in [1.29, 1.82) is 0 Å². The average molecular weight is 549 g/mol. The summed E-state index contributed by atoms with van der Waals surface area (Å²) in [6.07, 6.45) is 2.39. The third-order valence-electron chi connectivity index (χ3n) is 7.27. The Hall–Kier alpha value is -2.79. The Bertz CT molecular complexity index is 1260. The molecule has 2 aliphatic rings. The minimum Gasteiger partial charge on any atom is -0.493 e. The van der Waals surface area contributed by atoms with Crippen LogP contribution in [0.15, 0.2) is 16.7 Å². The molecule has 6 nitrogen and oxygen atoms in total. The van der Waals surface area contributed by atoms with E-state index >= 15 is 0 Å². The molecular formula is C25H26ClF5N2O4. The van der Waals surface area contributed by atoms with Gasteiger partial charge in [-0.2, -0.15) is 8.78 Å². The second-order valence-electron chi connectivity index (χ2n) is 9.14. The third kappa shape index (κ3) is 4.46. The molecule has 5 rings (SSSR count). The fourth-order valence-corrected chi connectivity index (χ4v) is 5.69. The molecule has 3 heterocycles. The van der Waals surface area contributed by atoms with E-state index in [1.807, 2.05) is 13.0 Å². The molecule has 0 N–H and O–H groups in total. The van der Waals surface area contributed by atoms with Gasteiger partial charge in [-0.1, -0.05) is 12.1 Å². The molecule has 202 valence electrons. The molecule has 37 heavy (non-hydrogen) atoms. The number of hydrogen-bond acceptors (Lipinski definition) is 6. The van der Waals surface area contributed by atoms with E-state index in [9.17, 15) is 22.0 Å².